The Morgan fingerprint density at radius 2 is 1.65 bits per heavy atom. The standard InChI is InChI=1S/C16H17NO5S/c1-10-7-11(2)15(12(3)8-10)23(20,21)17-9-13(16(19)22-4)5-6-14(17)18/h5-9H,1-4H3. The van der Waals surface area contributed by atoms with Crippen LogP contribution in [0.3, 0.4) is 0 Å². The lowest BCUT2D eigenvalue weighted by molar-refractivity contribution is 0.0600. The van der Waals surface area contributed by atoms with Gasteiger partial charge in [0.15, 0.2) is 0 Å². The molecule has 0 fully saturated rings. The molecule has 2 rings (SSSR count). The summed E-state index contributed by atoms with van der Waals surface area (Å²) in [5.41, 5.74) is 1.25. The summed E-state index contributed by atoms with van der Waals surface area (Å²) in [6, 6.07) is 5.72. The van der Waals surface area contributed by atoms with Crippen molar-refractivity contribution in [2.75, 3.05) is 7.11 Å². The van der Waals surface area contributed by atoms with Gasteiger partial charge >= 0.3 is 5.97 Å². The second-order valence-electron chi connectivity index (χ2n) is 5.28. The summed E-state index contributed by atoms with van der Waals surface area (Å²) in [5.74, 6) is -0.716. The van der Waals surface area contributed by atoms with E-state index in [1.54, 1.807) is 26.0 Å². The van der Waals surface area contributed by atoms with Crippen LogP contribution < -0.4 is 5.56 Å². The van der Waals surface area contributed by atoms with Crippen LogP contribution in [0.25, 0.3) is 0 Å². The van der Waals surface area contributed by atoms with Crippen LogP contribution in [-0.4, -0.2) is 25.5 Å². The van der Waals surface area contributed by atoms with Gasteiger partial charge in [-0.3, -0.25) is 4.79 Å². The van der Waals surface area contributed by atoms with Crippen molar-refractivity contribution in [2.24, 2.45) is 0 Å². The molecule has 0 spiro atoms. The Labute approximate surface area is 134 Å². The molecular formula is C16H17NO5S. The number of hydrogen-bond donors (Lipinski definition) is 0. The van der Waals surface area contributed by atoms with Crippen molar-refractivity contribution >= 4 is 16.0 Å². The van der Waals surface area contributed by atoms with Crippen molar-refractivity contribution in [3.63, 3.8) is 0 Å². The maximum Gasteiger partial charge on any atom is 0.339 e. The topological polar surface area (TPSA) is 82.4 Å². The lowest BCUT2D eigenvalue weighted by Crippen LogP contribution is -2.28. The number of aromatic nitrogens is 1. The van der Waals surface area contributed by atoms with Gasteiger partial charge in [0.1, 0.15) is 0 Å². The van der Waals surface area contributed by atoms with Gasteiger partial charge in [0, 0.05) is 12.3 Å². The van der Waals surface area contributed by atoms with Crippen LogP contribution in [0.1, 0.15) is 27.0 Å². The first kappa shape index (κ1) is 17.0. The van der Waals surface area contributed by atoms with Gasteiger partial charge in [-0.25, -0.2) is 17.2 Å². The Kier molecular flexibility index (Phi) is 4.42. The molecule has 23 heavy (non-hydrogen) atoms. The molecule has 0 saturated carbocycles. The van der Waals surface area contributed by atoms with Crippen LogP contribution in [-0.2, 0) is 14.8 Å². The number of methoxy groups -OCH3 is 1. The highest BCUT2D eigenvalue weighted by Gasteiger charge is 2.24. The highest BCUT2D eigenvalue weighted by Crippen LogP contribution is 2.23. The first-order valence-corrected chi connectivity index (χ1v) is 8.27. The minimum absolute atomic E-state index is 0.0157. The minimum Gasteiger partial charge on any atom is -0.465 e. The van der Waals surface area contributed by atoms with Gasteiger partial charge in [-0.15, -0.1) is 0 Å². The number of carbonyl (C=O) groups excluding carboxylic acids is 1. The number of aryl methyl sites for hydroxylation is 3. The lowest BCUT2D eigenvalue weighted by atomic mass is 10.1. The lowest BCUT2D eigenvalue weighted by Gasteiger charge is -2.14. The van der Waals surface area contributed by atoms with Gasteiger partial charge in [0.2, 0.25) is 0 Å². The molecule has 6 nitrogen and oxygen atoms in total. The van der Waals surface area contributed by atoms with Gasteiger partial charge in [-0.1, -0.05) is 17.7 Å². The first-order valence-electron chi connectivity index (χ1n) is 6.83. The van der Waals surface area contributed by atoms with Crippen LogP contribution in [0.5, 0.6) is 0 Å². The van der Waals surface area contributed by atoms with E-state index in [-0.39, 0.29) is 10.5 Å². The summed E-state index contributed by atoms with van der Waals surface area (Å²) >= 11 is 0. The van der Waals surface area contributed by atoms with Crippen LogP contribution >= 0.6 is 0 Å². The molecular weight excluding hydrogens is 318 g/mol. The summed E-state index contributed by atoms with van der Waals surface area (Å²) in [6.45, 7) is 5.20. The largest absolute Gasteiger partial charge is 0.465 e. The summed E-state index contributed by atoms with van der Waals surface area (Å²) in [5, 5.41) is 0. The number of pyridine rings is 1. The second kappa shape index (κ2) is 6.00. The molecule has 0 radical (unpaired) electrons. The molecule has 1 aromatic carbocycles. The fourth-order valence-electron chi connectivity index (χ4n) is 2.57. The summed E-state index contributed by atoms with van der Waals surface area (Å²) in [7, 11) is -2.93. The number of hydrogen-bond acceptors (Lipinski definition) is 5. The predicted octanol–water partition coefficient (Wildman–Crippen LogP) is 1.80. The molecule has 7 heteroatoms. The molecule has 0 amide bonds. The molecule has 0 aliphatic heterocycles. The summed E-state index contributed by atoms with van der Waals surface area (Å²) in [4.78, 5) is 23.7. The van der Waals surface area contributed by atoms with Gasteiger partial charge in [-0.05, 0) is 38.0 Å². The van der Waals surface area contributed by atoms with E-state index >= 15 is 0 Å². The van der Waals surface area contributed by atoms with Gasteiger partial charge < -0.3 is 4.74 Å². The third kappa shape index (κ3) is 3.05. The number of esters is 1. The fraction of sp³-hybridized carbons (Fsp3) is 0.250. The number of rotatable bonds is 3. The van der Waals surface area contributed by atoms with Crippen LogP contribution in [0.15, 0.2) is 40.2 Å². The van der Waals surface area contributed by atoms with Gasteiger partial charge in [0.25, 0.3) is 15.6 Å². The van der Waals surface area contributed by atoms with E-state index in [9.17, 15) is 18.0 Å². The zero-order valence-corrected chi connectivity index (χ0v) is 14.1. The van der Waals surface area contributed by atoms with Gasteiger partial charge in [0.05, 0.1) is 17.6 Å². The van der Waals surface area contributed by atoms with E-state index < -0.39 is 21.6 Å². The molecule has 2 aromatic rings. The molecule has 0 atom stereocenters. The first-order chi connectivity index (χ1) is 10.7. The Morgan fingerprint density at radius 3 is 2.17 bits per heavy atom. The van der Waals surface area contributed by atoms with Crippen molar-refractivity contribution in [1.82, 2.24) is 3.97 Å². The van der Waals surface area contributed by atoms with E-state index in [0.29, 0.717) is 15.1 Å². The van der Waals surface area contributed by atoms with Crippen LogP contribution in [0.4, 0.5) is 0 Å². The summed E-state index contributed by atoms with van der Waals surface area (Å²) in [6.07, 6.45) is 0.988. The van der Waals surface area contributed by atoms with Crippen molar-refractivity contribution in [1.29, 1.82) is 0 Å². The molecule has 0 aliphatic carbocycles. The number of benzene rings is 1. The Bertz CT molecular complexity index is 918. The van der Waals surface area contributed by atoms with E-state index in [1.807, 2.05) is 6.92 Å². The molecule has 0 N–H and O–H groups in total. The second-order valence-corrected chi connectivity index (χ2v) is 7.03. The van der Waals surface area contributed by atoms with E-state index in [1.165, 1.54) is 13.2 Å². The highest BCUT2D eigenvalue weighted by atomic mass is 32.2. The smallest absolute Gasteiger partial charge is 0.339 e. The normalized spacial score (nSPS) is 11.3. The predicted molar refractivity (Wildman–Crippen MR) is 85.3 cm³/mol. The van der Waals surface area contributed by atoms with E-state index in [0.717, 1.165) is 17.8 Å². The van der Waals surface area contributed by atoms with Crippen LogP contribution in [0.2, 0.25) is 0 Å². The Morgan fingerprint density at radius 1 is 1.09 bits per heavy atom. The van der Waals surface area contributed by atoms with Gasteiger partial charge in [-0.2, -0.15) is 0 Å². The maximum absolute atomic E-state index is 12.9. The number of ether oxygens (including phenoxy) is 1. The van der Waals surface area contributed by atoms with E-state index in [4.69, 9.17) is 0 Å². The molecule has 122 valence electrons. The third-order valence-electron chi connectivity index (χ3n) is 3.42. The third-order valence-corrected chi connectivity index (χ3v) is 5.38. The monoisotopic (exact) mass is 335 g/mol. The Hall–Kier alpha value is -2.41. The average Bonchev–Trinajstić information content (AvgIpc) is 2.45. The zero-order valence-electron chi connectivity index (χ0n) is 13.3. The van der Waals surface area contributed by atoms with Crippen LogP contribution in [0, 0.1) is 20.8 Å². The minimum atomic E-state index is -4.12. The SMILES string of the molecule is COC(=O)c1ccc(=O)n(S(=O)(=O)c2c(C)cc(C)cc2C)c1. The van der Waals surface area contributed by atoms with Crippen molar-refractivity contribution in [3.8, 4) is 0 Å². The van der Waals surface area contributed by atoms with Crippen molar-refractivity contribution < 1.29 is 17.9 Å². The Balaban J connectivity index is 2.75. The highest BCUT2D eigenvalue weighted by molar-refractivity contribution is 7.90. The van der Waals surface area contributed by atoms with Crippen molar-refractivity contribution in [3.05, 3.63) is 63.1 Å². The van der Waals surface area contributed by atoms with E-state index in [2.05, 4.69) is 4.74 Å². The number of nitrogens with zero attached hydrogens (tertiary/aromatic N) is 1. The fourth-order valence-corrected chi connectivity index (χ4v) is 4.24. The molecule has 1 aromatic heterocycles. The molecule has 0 unspecified atom stereocenters. The number of carbonyl (C=O) groups is 1. The quantitative estimate of drug-likeness (QED) is 0.799. The van der Waals surface area contributed by atoms with Crippen molar-refractivity contribution in [2.45, 2.75) is 25.7 Å². The molecule has 1 heterocycles. The molecule has 0 saturated heterocycles. The average molecular weight is 335 g/mol. The maximum atomic E-state index is 12.9. The zero-order chi connectivity index (χ0) is 17.4. The molecule has 0 bridgehead atoms. The summed E-state index contributed by atoms with van der Waals surface area (Å²) < 4.78 is 30.9. The molecule has 0 aliphatic rings.